The number of imide groups is 1. The molecule has 3 heterocycles. The quantitative estimate of drug-likeness (QED) is 0.413. The molecule has 1 aromatic carbocycles. The zero-order chi connectivity index (χ0) is 27.2. The Morgan fingerprint density at radius 2 is 2.00 bits per heavy atom. The van der Waals surface area contributed by atoms with Gasteiger partial charge >= 0.3 is 6.09 Å². The Hall–Kier alpha value is -2.77. The lowest BCUT2D eigenvalue weighted by atomic mass is 10.2. The molecule has 4 rings (SSSR count). The van der Waals surface area contributed by atoms with E-state index in [1.807, 2.05) is 7.05 Å². The van der Waals surface area contributed by atoms with Crippen LogP contribution in [-0.2, 0) is 19.1 Å². The molecule has 0 bridgehead atoms. The van der Waals surface area contributed by atoms with Crippen LogP contribution in [0.3, 0.4) is 0 Å². The van der Waals surface area contributed by atoms with Crippen LogP contribution in [0.1, 0.15) is 28.9 Å². The van der Waals surface area contributed by atoms with E-state index in [0.29, 0.717) is 34.5 Å². The highest BCUT2D eigenvalue weighted by Gasteiger charge is 2.37. The number of carbonyl (C=O) groups is 4. The van der Waals surface area contributed by atoms with E-state index in [2.05, 4.69) is 5.32 Å². The normalized spacial score (nSPS) is 17.2. The predicted molar refractivity (Wildman–Crippen MR) is 148 cm³/mol. The number of rotatable bonds is 10. The van der Waals surface area contributed by atoms with E-state index in [1.165, 1.54) is 17.0 Å². The highest BCUT2D eigenvalue weighted by molar-refractivity contribution is 7.18. The molecule has 0 radical (unpaired) electrons. The minimum Gasteiger partial charge on any atom is -0.442 e. The van der Waals surface area contributed by atoms with E-state index in [4.69, 9.17) is 21.1 Å². The molecule has 0 saturated carbocycles. The van der Waals surface area contributed by atoms with Crippen LogP contribution in [0.2, 0.25) is 4.34 Å². The molecule has 10 nitrogen and oxygen atoms in total. The van der Waals surface area contributed by atoms with Crippen molar-refractivity contribution in [1.82, 2.24) is 10.2 Å². The van der Waals surface area contributed by atoms with Crippen LogP contribution in [0.4, 0.5) is 20.6 Å². The summed E-state index contributed by atoms with van der Waals surface area (Å²) in [6.07, 6.45) is -0.172. The first-order chi connectivity index (χ1) is 18.3. The van der Waals surface area contributed by atoms with E-state index in [1.54, 1.807) is 18.2 Å². The minimum absolute atomic E-state index is 0. The maximum absolute atomic E-state index is 15.1. The van der Waals surface area contributed by atoms with E-state index in [-0.39, 0.29) is 50.1 Å². The number of benzene rings is 1. The number of ether oxygens (including phenoxy) is 2. The van der Waals surface area contributed by atoms with Crippen LogP contribution in [0.5, 0.6) is 0 Å². The van der Waals surface area contributed by atoms with Crippen molar-refractivity contribution in [2.75, 3.05) is 56.2 Å². The third kappa shape index (κ3) is 7.46. The molecular formula is C25H29Cl2FN4O6S. The van der Waals surface area contributed by atoms with Gasteiger partial charge in [0.2, 0.25) is 5.91 Å². The number of nitrogens with zero attached hydrogens (tertiary/aromatic N) is 3. The average Bonchev–Trinajstić information content (AvgIpc) is 3.50. The summed E-state index contributed by atoms with van der Waals surface area (Å²) < 4.78 is 26.0. The zero-order valence-corrected chi connectivity index (χ0v) is 23.6. The van der Waals surface area contributed by atoms with Gasteiger partial charge in [0.15, 0.2) is 0 Å². The van der Waals surface area contributed by atoms with Gasteiger partial charge in [-0.05, 0) is 56.8 Å². The van der Waals surface area contributed by atoms with E-state index in [9.17, 15) is 19.2 Å². The SMILES string of the molecule is CNCCCCC(=O)N(C[C@H]1CN(c2ccc(N3CCOCC3=O)cc2F)C(=O)O1)C(=O)c1ccc(Cl)s1.Cl. The van der Waals surface area contributed by atoms with Crippen LogP contribution in [0.15, 0.2) is 30.3 Å². The predicted octanol–water partition coefficient (Wildman–Crippen LogP) is 3.71. The second kappa shape index (κ2) is 14.0. The van der Waals surface area contributed by atoms with E-state index in [0.717, 1.165) is 34.1 Å². The largest absolute Gasteiger partial charge is 0.442 e. The van der Waals surface area contributed by atoms with Gasteiger partial charge in [-0.3, -0.25) is 24.2 Å². The molecule has 1 N–H and O–H groups in total. The molecule has 0 unspecified atom stereocenters. The fraction of sp³-hybridized carbons (Fsp3) is 0.440. The molecule has 2 aromatic rings. The van der Waals surface area contributed by atoms with Crippen molar-refractivity contribution in [3.63, 3.8) is 0 Å². The molecule has 2 saturated heterocycles. The monoisotopic (exact) mass is 602 g/mol. The lowest BCUT2D eigenvalue weighted by Crippen LogP contribution is -2.43. The van der Waals surface area contributed by atoms with Gasteiger partial charge in [-0.15, -0.1) is 23.7 Å². The summed E-state index contributed by atoms with van der Waals surface area (Å²) >= 11 is 7.04. The molecule has 2 fully saturated rings. The number of unbranched alkanes of at least 4 members (excludes halogenated alkanes) is 1. The number of hydrogen-bond donors (Lipinski definition) is 1. The first-order valence-corrected chi connectivity index (χ1v) is 13.4. The summed E-state index contributed by atoms with van der Waals surface area (Å²) in [4.78, 5) is 54.8. The number of carbonyl (C=O) groups excluding carboxylic acids is 4. The number of hydrogen-bond acceptors (Lipinski definition) is 8. The van der Waals surface area contributed by atoms with Gasteiger partial charge in [0.1, 0.15) is 18.5 Å². The Morgan fingerprint density at radius 3 is 2.67 bits per heavy atom. The Morgan fingerprint density at radius 1 is 1.21 bits per heavy atom. The van der Waals surface area contributed by atoms with Crippen LogP contribution in [-0.4, -0.2) is 81.3 Å². The molecule has 0 spiro atoms. The standard InChI is InChI=1S/C25H28ClFN4O6S.ClH/c1-28-9-3-2-4-22(32)31(24(34)20-7-8-21(26)38-20)14-17-13-30(25(35)37-17)19-6-5-16(12-18(19)27)29-10-11-36-15-23(29)33;/h5-8,12,17,28H,2-4,9-11,13-15H2,1H3;1H/t17-;/m1./s1. The second-order valence-electron chi connectivity index (χ2n) is 8.82. The summed E-state index contributed by atoms with van der Waals surface area (Å²) in [5, 5.41) is 3.01. The van der Waals surface area contributed by atoms with Gasteiger partial charge < -0.3 is 19.7 Å². The first kappa shape index (κ1) is 30.8. The van der Waals surface area contributed by atoms with Gasteiger partial charge in [0, 0.05) is 18.7 Å². The molecule has 1 atom stereocenters. The summed E-state index contributed by atoms with van der Waals surface area (Å²) in [6.45, 7) is 1.06. The van der Waals surface area contributed by atoms with E-state index >= 15 is 4.39 Å². The number of morpholine rings is 1. The Kier molecular flexibility index (Phi) is 11.1. The molecular weight excluding hydrogens is 574 g/mol. The number of nitrogens with one attached hydrogen (secondary N) is 1. The average molecular weight is 604 g/mol. The van der Waals surface area contributed by atoms with Gasteiger partial charge in [0.05, 0.1) is 34.6 Å². The van der Waals surface area contributed by atoms with Crippen LogP contribution < -0.4 is 15.1 Å². The van der Waals surface area contributed by atoms with Gasteiger partial charge in [-0.2, -0.15) is 0 Å². The van der Waals surface area contributed by atoms with Crippen LogP contribution in [0, 0.1) is 5.82 Å². The Labute approximate surface area is 240 Å². The van der Waals surface area contributed by atoms with Crippen molar-refractivity contribution >= 4 is 70.5 Å². The third-order valence-electron chi connectivity index (χ3n) is 6.18. The van der Waals surface area contributed by atoms with Gasteiger partial charge in [0.25, 0.3) is 11.8 Å². The minimum atomic E-state index is -0.858. The number of thiophene rings is 1. The Bertz CT molecular complexity index is 1210. The van der Waals surface area contributed by atoms with Crippen molar-refractivity contribution in [2.24, 2.45) is 0 Å². The molecule has 1 aromatic heterocycles. The summed E-state index contributed by atoms with van der Waals surface area (Å²) in [7, 11) is 1.82. The zero-order valence-electron chi connectivity index (χ0n) is 21.2. The van der Waals surface area contributed by atoms with E-state index < -0.39 is 29.8 Å². The molecule has 0 aliphatic carbocycles. The number of cyclic esters (lactones) is 1. The Balaban J connectivity index is 0.00000420. The topological polar surface area (TPSA) is 108 Å². The maximum Gasteiger partial charge on any atom is 0.414 e. The first-order valence-electron chi connectivity index (χ1n) is 12.2. The molecule has 14 heteroatoms. The molecule has 2 aliphatic rings. The summed E-state index contributed by atoms with van der Waals surface area (Å²) in [5.41, 5.74) is 0.335. The van der Waals surface area contributed by atoms with Crippen LogP contribution >= 0.6 is 35.3 Å². The smallest absolute Gasteiger partial charge is 0.414 e. The highest BCUT2D eigenvalue weighted by atomic mass is 35.5. The van der Waals surface area contributed by atoms with Crippen molar-refractivity contribution in [3.8, 4) is 0 Å². The number of halogens is 3. The van der Waals surface area contributed by atoms with Crippen molar-refractivity contribution in [3.05, 3.63) is 45.4 Å². The van der Waals surface area contributed by atoms with Crippen molar-refractivity contribution < 1.29 is 33.0 Å². The number of amides is 4. The fourth-order valence-electron chi connectivity index (χ4n) is 4.26. The highest BCUT2D eigenvalue weighted by Crippen LogP contribution is 2.30. The number of anilines is 2. The lowest BCUT2D eigenvalue weighted by molar-refractivity contribution is -0.129. The van der Waals surface area contributed by atoms with Crippen molar-refractivity contribution in [2.45, 2.75) is 25.4 Å². The van der Waals surface area contributed by atoms with Gasteiger partial charge in [-0.25, -0.2) is 9.18 Å². The molecule has 2 aliphatic heterocycles. The summed E-state index contributed by atoms with van der Waals surface area (Å²) in [5.74, 6) is -1.91. The molecule has 39 heavy (non-hydrogen) atoms. The second-order valence-corrected chi connectivity index (χ2v) is 10.5. The van der Waals surface area contributed by atoms with Crippen molar-refractivity contribution in [1.29, 1.82) is 0 Å². The molecule has 4 amide bonds. The fourth-order valence-corrected chi connectivity index (χ4v) is 5.26. The maximum atomic E-state index is 15.1. The third-order valence-corrected chi connectivity index (χ3v) is 7.40. The van der Waals surface area contributed by atoms with Crippen LogP contribution in [0.25, 0.3) is 0 Å². The summed E-state index contributed by atoms with van der Waals surface area (Å²) in [6, 6.07) is 7.25. The van der Waals surface area contributed by atoms with Gasteiger partial charge in [-0.1, -0.05) is 11.6 Å². The molecule has 212 valence electrons. The lowest BCUT2D eigenvalue weighted by Gasteiger charge is -2.27.